The third kappa shape index (κ3) is 5.26. The third-order valence-electron chi connectivity index (χ3n) is 3.01. The molecule has 0 bridgehead atoms. The summed E-state index contributed by atoms with van der Waals surface area (Å²) in [5, 5.41) is 0. The highest BCUT2D eigenvalue weighted by molar-refractivity contribution is 7.92. The van der Waals surface area contributed by atoms with Gasteiger partial charge in [0.05, 0.1) is 19.1 Å². The van der Waals surface area contributed by atoms with Gasteiger partial charge >= 0.3 is 0 Å². The summed E-state index contributed by atoms with van der Waals surface area (Å²) < 4.78 is 30.1. The lowest BCUT2D eigenvalue weighted by molar-refractivity contribution is -0.128. The highest BCUT2D eigenvalue weighted by Gasteiger charge is 2.17. The average Bonchev–Trinajstić information content (AvgIpc) is 2.42. The maximum absolute atomic E-state index is 11.9. The van der Waals surface area contributed by atoms with Crippen LogP contribution in [0.5, 0.6) is 5.75 Å². The lowest BCUT2D eigenvalue weighted by Crippen LogP contribution is -2.32. The molecule has 0 fully saturated rings. The van der Waals surface area contributed by atoms with E-state index in [0.717, 1.165) is 6.26 Å². The quantitative estimate of drug-likeness (QED) is 0.761. The number of methoxy groups -OCH3 is 1. The van der Waals surface area contributed by atoms with Crippen LogP contribution in [0.1, 0.15) is 12.8 Å². The number of anilines is 1. The molecule has 0 saturated carbocycles. The molecule has 1 amide bonds. The maximum Gasteiger partial charge on any atom is 0.232 e. The molecule has 0 aliphatic rings. The van der Waals surface area contributed by atoms with Gasteiger partial charge in [0.15, 0.2) is 0 Å². The smallest absolute Gasteiger partial charge is 0.232 e. The SMILES string of the molecule is COc1ccc(N(CCCC(=O)N(C)C)S(C)(=O)=O)cc1. The maximum atomic E-state index is 11.9. The summed E-state index contributed by atoms with van der Waals surface area (Å²) in [6.45, 7) is 0.269. The zero-order valence-electron chi connectivity index (χ0n) is 12.9. The van der Waals surface area contributed by atoms with Crippen molar-refractivity contribution in [2.45, 2.75) is 12.8 Å². The predicted octanol–water partition coefficient (Wildman–Crippen LogP) is 1.33. The van der Waals surface area contributed by atoms with Gasteiger partial charge in [0.2, 0.25) is 15.9 Å². The van der Waals surface area contributed by atoms with Crippen molar-refractivity contribution in [3.8, 4) is 5.75 Å². The van der Waals surface area contributed by atoms with E-state index in [0.29, 0.717) is 24.3 Å². The molecular formula is C14H22N2O4S. The minimum Gasteiger partial charge on any atom is -0.497 e. The van der Waals surface area contributed by atoms with Crippen molar-refractivity contribution >= 4 is 21.6 Å². The number of carbonyl (C=O) groups is 1. The molecule has 118 valence electrons. The Bertz CT molecular complexity index is 567. The van der Waals surface area contributed by atoms with Crippen molar-refractivity contribution in [3.63, 3.8) is 0 Å². The van der Waals surface area contributed by atoms with Gasteiger partial charge in [-0.2, -0.15) is 0 Å². The first-order valence-corrected chi connectivity index (χ1v) is 8.42. The Balaban J connectivity index is 2.79. The molecule has 0 unspecified atom stereocenters. The molecule has 0 heterocycles. The second-order valence-corrected chi connectivity index (χ2v) is 6.83. The van der Waals surface area contributed by atoms with E-state index < -0.39 is 10.0 Å². The molecule has 1 aromatic carbocycles. The van der Waals surface area contributed by atoms with Gasteiger partial charge < -0.3 is 9.64 Å². The van der Waals surface area contributed by atoms with E-state index in [4.69, 9.17) is 4.74 Å². The molecule has 0 aromatic heterocycles. The largest absolute Gasteiger partial charge is 0.497 e. The fourth-order valence-electron chi connectivity index (χ4n) is 1.83. The molecule has 7 heteroatoms. The Hall–Kier alpha value is -1.76. The molecule has 0 atom stereocenters. The summed E-state index contributed by atoms with van der Waals surface area (Å²) >= 11 is 0. The van der Waals surface area contributed by atoms with Crippen LogP contribution in [0.4, 0.5) is 5.69 Å². The second-order valence-electron chi connectivity index (χ2n) is 4.92. The van der Waals surface area contributed by atoms with Crippen molar-refractivity contribution in [1.82, 2.24) is 4.90 Å². The lowest BCUT2D eigenvalue weighted by Gasteiger charge is -2.22. The Labute approximate surface area is 126 Å². The van der Waals surface area contributed by atoms with Crippen molar-refractivity contribution in [2.75, 3.05) is 38.3 Å². The van der Waals surface area contributed by atoms with Crippen LogP contribution in [-0.2, 0) is 14.8 Å². The van der Waals surface area contributed by atoms with E-state index in [2.05, 4.69) is 0 Å². The minimum atomic E-state index is -3.39. The van der Waals surface area contributed by atoms with Crippen LogP contribution in [0.25, 0.3) is 0 Å². The van der Waals surface area contributed by atoms with Crippen LogP contribution in [0.2, 0.25) is 0 Å². The van der Waals surface area contributed by atoms with Gasteiger partial charge in [-0.15, -0.1) is 0 Å². The van der Waals surface area contributed by atoms with Gasteiger partial charge in [-0.3, -0.25) is 9.10 Å². The number of benzene rings is 1. The zero-order chi connectivity index (χ0) is 16.0. The van der Waals surface area contributed by atoms with Crippen LogP contribution < -0.4 is 9.04 Å². The molecule has 21 heavy (non-hydrogen) atoms. The highest BCUT2D eigenvalue weighted by Crippen LogP contribution is 2.21. The fourth-order valence-corrected chi connectivity index (χ4v) is 2.80. The first kappa shape index (κ1) is 17.3. The Morgan fingerprint density at radius 2 is 1.76 bits per heavy atom. The Kier molecular flexibility index (Phi) is 6.02. The fraction of sp³-hybridized carbons (Fsp3) is 0.500. The highest BCUT2D eigenvalue weighted by atomic mass is 32.2. The summed E-state index contributed by atoms with van der Waals surface area (Å²) in [6.07, 6.45) is 1.94. The summed E-state index contributed by atoms with van der Waals surface area (Å²) in [5.74, 6) is 0.646. The molecule has 0 radical (unpaired) electrons. The first-order chi connectivity index (χ1) is 9.75. The topological polar surface area (TPSA) is 66.9 Å². The number of rotatable bonds is 7. The zero-order valence-corrected chi connectivity index (χ0v) is 13.7. The number of amides is 1. The summed E-state index contributed by atoms with van der Waals surface area (Å²) in [6, 6.07) is 6.79. The molecule has 0 aliphatic heterocycles. The van der Waals surface area contributed by atoms with Crippen LogP contribution >= 0.6 is 0 Å². The van der Waals surface area contributed by atoms with Gasteiger partial charge in [-0.25, -0.2) is 8.42 Å². The molecule has 1 rings (SSSR count). The van der Waals surface area contributed by atoms with Crippen LogP contribution in [0.15, 0.2) is 24.3 Å². The molecule has 0 aliphatic carbocycles. The summed E-state index contributed by atoms with van der Waals surface area (Å²) in [4.78, 5) is 13.0. The number of hydrogen-bond acceptors (Lipinski definition) is 4. The van der Waals surface area contributed by atoms with Crippen molar-refractivity contribution in [1.29, 1.82) is 0 Å². The molecule has 0 spiro atoms. The van der Waals surface area contributed by atoms with Crippen LogP contribution in [-0.4, -0.2) is 53.2 Å². The average molecular weight is 314 g/mol. The number of nitrogens with zero attached hydrogens (tertiary/aromatic N) is 2. The number of carbonyl (C=O) groups excluding carboxylic acids is 1. The number of sulfonamides is 1. The van der Waals surface area contributed by atoms with Gasteiger partial charge in [-0.1, -0.05) is 0 Å². The third-order valence-corrected chi connectivity index (χ3v) is 4.21. The van der Waals surface area contributed by atoms with E-state index in [1.54, 1.807) is 45.5 Å². The lowest BCUT2D eigenvalue weighted by atomic mass is 10.2. The van der Waals surface area contributed by atoms with E-state index >= 15 is 0 Å². The van der Waals surface area contributed by atoms with Crippen molar-refractivity contribution in [2.24, 2.45) is 0 Å². The van der Waals surface area contributed by atoms with E-state index in [-0.39, 0.29) is 12.5 Å². The Morgan fingerprint density at radius 1 is 1.19 bits per heavy atom. The summed E-state index contributed by atoms with van der Waals surface area (Å²) in [5.41, 5.74) is 0.565. The summed E-state index contributed by atoms with van der Waals surface area (Å²) in [7, 11) is 1.53. The molecule has 6 nitrogen and oxygen atoms in total. The molecular weight excluding hydrogens is 292 g/mol. The minimum absolute atomic E-state index is 0.0156. The monoisotopic (exact) mass is 314 g/mol. The standard InChI is InChI=1S/C14H22N2O4S/c1-15(2)14(17)6-5-11-16(21(4,18)19)12-7-9-13(20-3)10-8-12/h7-10H,5-6,11H2,1-4H3. The number of ether oxygens (including phenoxy) is 1. The number of hydrogen-bond donors (Lipinski definition) is 0. The molecule has 0 N–H and O–H groups in total. The van der Waals surface area contributed by atoms with Gasteiger partial charge in [0.25, 0.3) is 0 Å². The van der Waals surface area contributed by atoms with Gasteiger partial charge in [0.1, 0.15) is 5.75 Å². The second kappa shape index (κ2) is 7.31. The van der Waals surface area contributed by atoms with Crippen molar-refractivity contribution in [3.05, 3.63) is 24.3 Å². The Morgan fingerprint density at radius 3 is 2.19 bits per heavy atom. The predicted molar refractivity (Wildman–Crippen MR) is 83.1 cm³/mol. The van der Waals surface area contributed by atoms with Crippen LogP contribution in [0.3, 0.4) is 0 Å². The molecule has 1 aromatic rings. The van der Waals surface area contributed by atoms with E-state index in [1.807, 2.05) is 0 Å². The molecule has 0 saturated heterocycles. The van der Waals surface area contributed by atoms with E-state index in [9.17, 15) is 13.2 Å². The van der Waals surface area contributed by atoms with Crippen LogP contribution in [0, 0.1) is 0 Å². The van der Waals surface area contributed by atoms with E-state index in [1.165, 1.54) is 9.21 Å². The van der Waals surface area contributed by atoms with Gasteiger partial charge in [0, 0.05) is 27.1 Å². The van der Waals surface area contributed by atoms with Gasteiger partial charge in [-0.05, 0) is 30.7 Å². The normalized spacial score (nSPS) is 11.0. The van der Waals surface area contributed by atoms with Crippen molar-refractivity contribution < 1.29 is 17.9 Å². The first-order valence-electron chi connectivity index (χ1n) is 6.57.